The third-order valence-corrected chi connectivity index (χ3v) is 12.8. The molecule has 4 rings (SSSR count). The van der Waals surface area contributed by atoms with Gasteiger partial charge in [0.1, 0.15) is 5.75 Å². The van der Waals surface area contributed by atoms with Gasteiger partial charge in [0.15, 0.2) is 0 Å². The number of nitrogens with one attached hydrogen (secondary N) is 1. The largest absolute Gasteiger partial charge is 0.497 e. The molecule has 0 unspecified atom stereocenters. The van der Waals surface area contributed by atoms with Gasteiger partial charge in [0, 0.05) is 0 Å². The Morgan fingerprint density at radius 1 is 0.857 bits per heavy atom. The molecule has 2 saturated carbocycles. The summed E-state index contributed by atoms with van der Waals surface area (Å²) in [5, 5.41) is 1.56. The minimum Gasteiger partial charge on any atom is -0.497 e. The fourth-order valence-electron chi connectivity index (χ4n) is 5.77. The number of benzene rings is 2. The van der Waals surface area contributed by atoms with E-state index in [0.29, 0.717) is 0 Å². The van der Waals surface area contributed by atoms with E-state index < -0.39 is 11.0 Å². The smallest absolute Gasteiger partial charge is 0.118 e. The first-order chi connectivity index (χ1) is 16.9. The molecule has 2 atom stereocenters. The molecule has 0 saturated heterocycles. The van der Waals surface area contributed by atoms with Crippen molar-refractivity contribution >= 4 is 24.2 Å². The van der Waals surface area contributed by atoms with Crippen LogP contribution in [0.1, 0.15) is 102 Å². The third-order valence-electron chi connectivity index (χ3n) is 7.69. The number of rotatable bonds is 8. The summed E-state index contributed by atoms with van der Waals surface area (Å²) in [6.45, 7) is 6.14. The normalized spacial score (nSPS) is 20.0. The van der Waals surface area contributed by atoms with E-state index in [1.54, 1.807) is 12.4 Å². The Bertz CT molecular complexity index is 941. The van der Waals surface area contributed by atoms with Crippen molar-refractivity contribution in [2.45, 2.75) is 107 Å². The highest BCUT2D eigenvalue weighted by Gasteiger charge is 2.35. The van der Waals surface area contributed by atoms with Crippen LogP contribution in [0.2, 0.25) is 0 Å². The van der Waals surface area contributed by atoms with Crippen molar-refractivity contribution in [2.75, 3.05) is 7.11 Å². The summed E-state index contributed by atoms with van der Waals surface area (Å²) < 4.78 is 22.1. The van der Waals surface area contributed by atoms with Crippen LogP contribution in [-0.2, 0) is 11.0 Å². The number of ether oxygens (including phenoxy) is 1. The molecule has 2 aliphatic rings. The van der Waals surface area contributed by atoms with Gasteiger partial charge in [0.05, 0.1) is 28.9 Å². The van der Waals surface area contributed by atoms with Crippen molar-refractivity contribution in [3.05, 3.63) is 59.7 Å². The number of methoxy groups -OCH3 is 1. The number of hydrogen-bond donors (Lipinski definition) is 1. The third kappa shape index (κ3) is 6.76. The van der Waals surface area contributed by atoms with Gasteiger partial charge in [-0.15, -0.1) is 0 Å². The molecule has 2 fully saturated rings. The van der Waals surface area contributed by atoms with Gasteiger partial charge in [-0.1, -0.05) is 82.8 Å². The van der Waals surface area contributed by atoms with Gasteiger partial charge in [0.2, 0.25) is 0 Å². The lowest BCUT2D eigenvalue weighted by atomic mass is 9.99. The van der Waals surface area contributed by atoms with Gasteiger partial charge >= 0.3 is 0 Å². The van der Waals surface area contributed by atoms with Crippen LogP contribution >= 0.6 is 7.92 Å². The van der Waals surface area contributed by atoms with Crippen LogP contribution in [0.3, 0.4) is 0 Å². The van der Waals surface area contributed by atoms with Gasteiger partial charge < -0.3 is 4.74 Å². The minimum atomic E-state index is -1.18. The fraction of sp³-hybridized carbons (Fsp3) is 0.600. The lowest BCUT2D eigenvalue weighted by Gasteiger charge is -2.40. The zero-order valence-corrected chi connectivity index (χ0v) is 23.8. The maximum Gasteiger partial charge on any atom is 0.118 e. The first-order valence-electron chi connectivity index (χ1n) is 13.6. The van der Waals surface area contributed by atoms with E-state index in [4.69, 9.17) is 4.74 Å². The second-order valence-electron chi connectivity index (χ2n) is 11.3. The molecule has 5 heteroatoms. The van der Waals surface area contributed by atoms with Gasteiger partial charge in [-0.3, -0.25) is 0 Å². The van der Waals surface area contributed by atoms with Crippen molar-refractivity contribution in [1.82, 2.24) is 4.72 Å². The second kappa shape index (κ2) is 12.3. The van der Waals surface area contributed by atoms with E-state index in [0.717, 1.165) is 22.6 Å². The standard InChI is InChI=1S/C30H44NO2PS/c1-30(2,3)35(32)31-29(23-19-21-24(33-4)22-20-23)27-17-11-12-18-28(27)34(25-13-7-5-8-14-25)26-15-9-6-10-16-26/h11-12,17-22,25-26,29,31H,5-10,13-16H2,1-4H3/t29-,35-/m1/s1. The van der Waals surface area contributed by atoms with Crippen LogP contribution in [0.4, 0.5) is 0 Å². The quantitative estimate of drug-likeness (QED) is 0.369. The molecule has 35 heavy (non-hydrogen) atoms. The second-order valence-corrected chi connectivity index (χ2v) is 16.0. The van der Waals surface area contributed by atoms with Crippen molar-refractivity contribution in [1.29, 1.82) is 0 Å². The van der Waals surface area contributed by atoms with Crippen LogP contribution in [0.5, 0.6) is 5.75 Å². The average Bonchev–Trinajstić information content (AvgIpc) is 2.88. The predicted octanol–water partition coefficient (Wildman–Crippen LogP) is 7.61. The summed E-state index contributed by atoms with van der Waals surface area (Å²) in [5.74, 6) is 0.851. The Morgan fingerprint density at radius 2 is 1.40 bits per heavy atom. The van der Waals surface area contributed by atoms with Gasteiger partial charge in [-0.05, 0) is 86.3 Å². The molecule has 0 amide bonds. The van der Waals surface area contributed by atoms with E-state index >= 15 is 0 Å². The zero-order valence-electron chi connectivity index (χ0n) is 22.1. The predicted molar refractivity (Wildman–Crippen MR) is 153 cm³/mol. The lowest BCUT2D eigenvalue weighted by Crippen LogP contribution is -2.38. The highest BCUT2D eigenvalue weighted by Crippen LogP contribution is 2.56. The van der Waals surface area contributed by atoms with E-state index in [2.05, 4.69) is 41.1 Å². The van der Waals surface area contributed by atoms with Crippen molar-refractivity contribution in [3.63, 3.8) is 0 Å². The molecule has 2 aromatic rings. The Labute approximate surface area is 217 Å². The van der Waals surface area contributed by atoms with Gasteiger partial charge in [-0.2, -0.15) is 0 Å². The van der Waals surface area contributed by atoms with Gasteiger partial charge in [0.25, 0.3) is 0 Å². The first kappa shape index (κ1) is 26.8. The highest BCUT2D eigenvalue weighted by atomic mass is 32.2. The summed E-state index contributed by atoms with van der Waals surface area (Å²) in [6.07, 6.45) is 13.8. The van der Waals surface area contributed by atoms with Crippen LogP contribution < -0.4 is 14.8 Å². The monoisotopic (exact) mass is 513 g/mol. The molecular weight excluding hydrogens is 469 g/mol. The SMILES string of the molecule is COc1ccc([C@@H](N[S@](=O)C(C)(C)C)c2ccccc2P(C2CCCCC2)C2CCCCC2)cc1. The van der Waals surface area contributed by atoms with E-state index in [1.165, 1.54) is 69.8 Å². The van der Waals surface area contributed by atoms with Crippen molar-refractivity contribution < 1.29 is 8.95 Å². The summed E-state index contributed by atoms with van der Waals surface area (Å²) in [4.78, 5) is 0. The molecule has 0 radical (unpaired) electrons. The highest BCUT2D eigenvalue weighted by molar-refractivity contribution is 7.84. The Morgan fingerprint density at radius 3 is 1.91 bits per heavy atom. The molecule has 0 aromatic heterocycles. The molecule has 0 heterocycles. The molecule has 0 bridgehead atoms. The van der Waals surface area contributed by atoms with Crippen LogP contribution in [-0.4, -0.2) is 27.4 Å². The molecule has 0 aliphatic heterocycles. The Kier molecular flexibility index (Phi) is 9.47. The van der Waals surface area contributed by atoms with Crippen LogP contribution in [0.25, 0.3) is 0 Å². The average molecular weight is 514 g/mol. The molecule has 192 valence electrons. The van der Waals surface area contributed by atoms with Crippen molar-refractivity contribution in [2.24, 2.45) is 0 Å². The molecule has 1 N–H and O–H groups in total. The number of hydrogen-bond acceptors (Lipinski definition) is 2. The first-order valence-corrected chi connectivity index (χ1v) is 16.2. The van der Waals surface area contributed by atoms with E-state index in [-0.39, 0.29) is 18.7 Å². The molecule has 3 nitrogen and oxygen atoms in total. The van der Waals surface area contributed by atoms with Crippen molar-refractivity contribution in [3.8, 4) is 5.75 Å². The van der Waals surface area contributed by atoms with E-state index in [1.807, 2.05) is 32.9 Å². The maximum atomic E-state index is 13.4. The maximum absolute atomic E-state index is 13.4. The Hall–Kier alpha value is -1.22. The van der Waals surface area contributed by atoms with E-state index in [9.17, 15) is 4.21 Å². The lowest BCUT2D eigenvalue weighted by molar-refractivity contribution is 0.414. The van der Waals surface area contributed by atoms with Gasteiger partial charge in [-0.25, -0.2) is 8.93 Å². The van der Waals surface area contributed by atoms with Crippen LogP contribution in [0.15, 0.2) is 48.5 Å². The molecule has 2 aromatic carbocycles. The Balaban J connectivity index is 1.78. The molecular formula is C30H44NO2PS. The van der Waals surface area contributed by atoms with Crippen LogP contribution in [0, 0.1) is 0 Å². The summed E-state index contributed by atoms with van der Waals surface area (Å²) in [7, 11) is 0.262. The topological polar surface area (TPSA) is 38.3 Å². The summed E-state index contributed by atoms with van der Waals surface area (Å²) in [6, 6.07) is 17.4. The molecule has 2 aliphatic carbocycles. The minimum absolute atomic E-state index is 0.102. The summed E-state index contributed by atoms with van der Waals surface area (Å²) >= 11 is 0. The fourth-order valence-corrected chi connectivity index (χ4v) is 10.6. The summed E-state index contributed by atoms with van der Waals surface area (Å²) in [5.41, 5.74) is 4.14. The molecule has 0 spiro atoms. The zero-order chi connectivity index (χ0) is 24.8.